The number of carbonyl (C=O) groups is 1. The number of nitrogens with zero attached hydrogens (tertiary/aromatic N) is 3. The molecule has 0 spiro atoms. The van der Waals surface area contributed by atoms with Crippen LogP contribution in [0.25, 0.3) is 0 Å². The highest BCUT2D eigenvalue weighted by Gasteiger charge is 2.32. The van der Waals surface area contributed by atoms with Crippen LogP contribution in [0.5, 0.6) is 5.75 Å². The first kappa shape index (κ1) is 21.7. The third-order valence-corrected chi connectivity index (χ3v) is 5.47. The highest BCUT2D eigenvalue weighted by Crippen LogP contribution is 2.30. The van der Waals surface area contributed by atoms with Gasteiger partial charge in [-0.1, -0.05) is 24.3 Å². The maximum absolute atomic E-state index is 13.1. The fourth-order valence-corrected chi connectivity index (χ4v) is 3.80. The molecule has 0 bridgehead atoms. The van der Waals surface area contributed by atoms with Crippen molar-refractivity contribution in [1.82, 2.24) is 9.80 Å². The van der Waals surface area contributed by atoms with Gasteiger partial charge in [0.2, 0.25) is 0 Å². The van der Waals surface area contributed by atoms with E-state index in [-0.39, 0.29) is 41.9 Å². The van der Waals surface area contributed by atoms with Gasteiger partial charge in [-0.25, -0.2) is 4.39 Å². The summed E-state index contributed by atoms with van der Waals surface area (Å²) in [5, 5.41) is 11.3. The molecule has 8 heteroatoms. The Hall–Kier alpha value is -3.00. The first-order valence-corrected chi connectivity index (χ1v) is 9.91. The molecule has 0 aliphatic carbocycles. The van der Waals surface area contributed by atoms with Crippen molar-refractivity contribution in [3.63, 3.8) is 0 Å². The van der Waals surface area contributed by atoms with E-state index in [9.17, 15) is 19.3 Å². The zero-order valence-corrected chi connectivity index (χ0v) is 17.4. The molecular formula is C22H26FN3O4. The third kappa shape index (κ3) is 4.94. The average molecular weight is 415 g/mol. The Morgan fingerprint density at radius 3 is 2.53 bits per heavy atom. The van der Waals surface area contributed by atoms with Crippen LogP contribution in [0, 0.1) is 22.9 Å². The number of ether oxygens (including phenoxy) is 1. The van der Waals surface area contributed by atoms with Crippen LogP contribution in [0.4, 0.5) is 10.1 Å². The Bertz CT molecular complexity index is 919. The molecule has 7 nitrogen and oxygen atoms in total. The molecule has 1 amide bonds. The van der Waals surface area contributed by atoms with Crippen molar-refractivity contribution in [3.8, 4) is 5.75 Å². The summed E-state index contributed by atoms with van der Waals surface area (Å²) in [7, 11) is 0. The van der Waals surface area contributed by atoms with Crippen molar-refractivity contribution in [3.05, 3.63) is 69.5 Å². The number of benzene rings is 2. The fourth-order valence-electron chi connectivity index (χ4n) is 3.80. The van der Waals surface area contributed by atoms with Gasteiger partial charge in [-0.2, -0.15) is 0 Å². The summed E-state index contributed by atoms with van der Waals surface area (Å²) >= 11 is 0. The van der Waals surface area contributed by atoms with Crippen molar-refractivity contribution in [2.45, 2.75) is 39.4 Å². The molecule has 1 heterocycles. The lowest BCUT2D eigenvalue weighted by Gasteiger charge is -2.44. The van der Waals surface area contributed by atoms with Crippen molar-refractivity contribution in [2.75, 3.05) is 19.7 Å². The smallest absolute Gasteiger partial charge is 0.313 e. The van der Waals surface area contributed by atoms with Gasteiger partial charge in [-0.05, 0) is 44.5 Å². The van der Waals surface area contributed by atoms with Gasteiger partial charge >= 0.3 is 5.69 Å². The molecule has 1 fully saturated rings. The molecule has 0 unspecified atom stereocenters. The number of hydrogen-bond donors (Lipinski definition) is 0. The molecule has 30 heavy (non-hydrogen) atoms. The SMILES string of the molecule is Cc1cccc(OCC(=O)N2C[C@@H](C)N(Cc3ccc(F)cc3)C[C@@H]2C)c1[N+](=O)[O-]. The zero-order valence-electron chi connectivity index (χ0n) is 17.4. The van der Waals surface area contributed by atoms with E-state index in [0.29, 0.717) is 25.2 Å². The second kappa shape index (κ2) is 9.21. The number of halogens is 1. The largest absolute Gasteiger partial charge is 0.477 e. The monoisotopic (exact) mass is 415 g/mol. The van der Waals surface area contributed by atoms with E-state index in [1.165, 1.54) is 18.2 Å². The van der Waals surface area contributed by atoms with Crippen LogP contribution < -0.4 is 4.74 Å². The molecule has 160 valence electrons. The van der Waals surface area contributed by atoms with Crippen LogP contribution in [0.2, 0.25) is 0 Å². The highest BCUT2D eigenvalue weighted by molar-refractivity contribution is 5.78. The minimum absolute atomic E-state index is 0.0368. The first-order valence-electron chi connectivity index (χ1n) is 9.91. The van der Waals surface area contributed by atoms with E-state index in [1.54, 1.807) is 36.1 Å². The average Bonchev–Trinajstić information content (AvgIpc) is 2.70. The Labute approximate surface area is 175 Å². The maximum Gasteiger partial charge on any atom is 0.313 e. The molecule has 1 aliphatic heterocycles. The number of aryl methyl sites for hydroxylation is 1. The topological polar surface area (TPSA) is 75.9 Å². The summed E-state index contributed by atoms with van der Waals surface area (Å²) in [5.41, 5.74) is 1.39. The van der Waals surface area contributed by atoms with Gasteiger partial charge in [-0.3, -0.25) is 19.8 Å². The molecule has 1 saturated heterocycles. The Balaban J connectivity index is 1.61. The lowest BCUT2D eigenvalue weighted by molar-refractivity contribution is -0.386. The van der Waals surface area contributed by atoms with Crippen LogP contribution in [-0.2, 0) is 11.3 Å². The molecule has 2 atom stereocenters. The van der Waals surface area contributed by atoms with Gasteiger partial charge in [0.05, 0.1) is 4.92 Å². The molecule has 3 rings (SSSR count). The minimum atomic E-state index is -0.492. The van der Waals surface area contributed by atoms with E-state index < -0.39 is 4.92 Å². The Kier molecular flexibility index (Phi) is 6.66. The van der Waals surface area contributed by atoms with Gasteiger partial charge in [-0.15, -0.1) is 0 Å². The third-order valence-electron chi connectivity index (χ3n) is 5.47. The number of nitro benzene ring substituents is 1. The molecule has 0 aromatic heterocycles. The van der Waals surface area contributed by atoms with Crippen LogP contribution in [0.3, 0.4) is 0 Å². The zero-order chi connectivity index (χ0) is 21.8. The van der Waals surface area contributed by atoms with Crippen molar-refractivity contribution >= 4 is 11.6 Å². The lowest BCUT2D eigenvalue weighted by Crippen LogP contribution is -2.58. The Morgan fingerprint density at radius 2 is 1.87 bits per heavy atom. The molecule has 0 radical (unpaired) electrons. The molecule has 0 N–H and O–H groups in total. The van der Waals surface area contributed by atoms with E-state index >= 15 is 0 Å². The maximum atomic E-state index is 13.1. The summed E-state index contributed by atoms with van der Waals surface area (Å²) in [4.78, 5) is 27.6. The van der Waals surface area contributed by atoms with Gasteiger partial charge in [0, 0.05) is 37.3 Å². The van der Waals surface area contributed by atoms with Gasteiger partial charge in [0.25, 0.3) is 5.91 Å². The number of nitro groups is 1. The quantitative estimate of drug-likeness (QED) is 0.533. The van der Waals surface area contributed by atoms with Crippen LogP contribution in [0.1, 0.15) is 25.0 Å². The summed E-state index contributed by atoms with van der Waals surface area (Å²) in [6, 6.07) is 11.3. The molecule has 1 aliphatic rings. The summed E-state index contributed by atoms with van der Waals surface area (Å²) in [6.07, 6.45) is 0. The van der Waals surface area contributed by atoms with E-state index in [4.69, 9.17) is 4.74 Å². The molecular weight excluding hydrogens is 389 g/mol. The Morgan fingerprint density at radius 1 is 1.17 bits per heavy atom. The number of piperazine rings is 1. The molecule has 2 aromatic rings. The van der Waals surface area contributed by atoms with Gasteiger partial charge in [0.15, 0.2) is 12.4 Å². The lowest BCUT2D eigenvalue weighted by atomic mass is 10.1. The number of hydrogen-bond acceptors (Lipinski definition) is 5. The second-order valence-corrected chi connectivity index (χ2v) is 7.77. The van der Waals surface area contributed by atoms with E-state index in [0.717, 1.165) is 5.56 Å². The number of carbonyl (C=O) groups excluding carboxylic acids is 1. The number of para-hydroxylation sites is 1. The predicted molar refractivity (Wildman–Crippen MR) is 111 cm³/mol. The van der Waals surface area contributed by atoms with Gasteiger partial charge in [0.1, 0.15) is 5.82 Å². The summed E-state index contributed by atoms with van der Waals surface area (Å²) < 4.78 is 18.7. The van der Waals surface area contributed by atoms with Crippen LogP contribution in [0.15, 0.2) is 42.5 Å². The van der Waals surface area contributed by atoms with Crippen molar-refractivity contribution < 1.29 is 18.8 Å². The normalized spacial score (nSPS) is 19.5. The standard InChI is InChI=1S/C22H26FN3O4/c1-15-5-4-6-20(22(15)26(28)29)30-14-21(27)25-12-16(2)24(11-17(25)3)13-18-7-9-19(23)10-8-18/h4-10,16-17H,11-14H2,1-3H3/t16-,17+/m1/s1. The number of amides is 1. The predicted octanol–water partition coefficient (Wildman–Crippen LogP) is 3.54. The second-order valence-electron chi connectivity index (χ2n) is 7.77. The van der Waals surface area contributed by atoms with Crippen LogP contribution >= 0.6 is 0 Å². The van der Waals surface area contributed by atoms with E-state index in [1.807, 2.05) is 13.8 Å². The van der Waals surface area contributed by atoms with Crippen LogP contribution in [-0.4, -0.2) is 52.4 Å². The summed E-state index contributed by atoms with van der Waals surface area (Å²) in [5.74, 6) is -0.361. The molecule has 0 saturated carbocycles. The van der Waals surface area contributed by atoms with Crippen molar-refractivity contribution in [2.24, 2.45) is 0 Å². The first-order chi connectivity index (χ1) is 14.3. The number of rotatable bonds is 6. The summed E-state index contributed by atoms with van der Waals surface area (Å²) in [6.45, 7) is 7.28. The highest BCUT2D eigenvalue weighted by atomic mass is 19.1. The molecule has 2 aromatic carbocycles. The van der Waals surface area contributed by atoms with Gasteiger partial charge < -0.3 is 9.64 Å². The minimum Gasteiger partial charge on any atom is -0.477 e. The van der Waals surface area contributed by atoms with E-state index in [2.05, 4.69) is 4.90 Å². The fraction of sp³-hybridized carbons (Fsp3) is 0.409. The van der Waals surface area contributed by atoms with Crippen molar-refractivity contribution in [1.29, 1.82) is 0 Å².